The zero-order chi connectivity index (χ0) is 17.1. The Morgan fingerprint density at radius 1 is 1.33 bits per heavy atom. The fraction of sp³-hybridized carbons (Fsp3) is 0.353. The molecule has 126 valence electrons. The number of halogens is 1. The van der Waals surface area contributed by atoms with Gasteiger partial charge in [-0.1, -0.05) is 41.9 Å². The summed E-state index contributed by atoms with van der Waals surface area (Å²) in [6.45, 7) is 0.525. The maximum atomic E-state index is 11.7. The zero-order valence-corrected chi connectivity index (χ0v) is 13.9. The quantitative estimate of drug-likeness (QED) is 0.833. The number of nitrogens with zero attached hydrogens (tertiary/aromatic N) is 3. The van der Waals surface area contributed by atoms with Crippen molar-refractivity contribution in [3.63, 3.8) is 0 Å². The van der Waals surface area contributed by atoms with Crippen LogP contribution in [-0.4, -0.2) is 38.7 Å². The molecule has 2 atom stereocenters. The molecule has 0 spiro atoms. The minimum atomic E-state index is -0.909. The molecule has 0 aliphatic carbocycles. The number of amides is 1. The van der Waals surface area contributed by atoms with Crippen molar-refractivity contribution in [2.75, 3.05) is 12.3 Å². The van der Waals surface area contributed by atoms with Gasteiger partial charge in [0.15, 0.2) is 0 Å². The van der Waals surface area contributed by atoms with Gasteiger partial charge in [-0.25, -0.2) is 14.8 Å². The third kappa shape index (κ3) is 3.59. The Labute approximate surface area is 145 Å². The predicted octanol–water partition coefficient (Wildman–Crippen LogP) is 3.18. The number of nitrogen functional groups attached to an aromatic ring is 1. The summed E-state index contributed by atoms with van der Waals surface area (Å²) >= 11 is 6.02. The van der Waals surface area contributed by atoms with E-state index in [4.69, 9.17) is 17.3 Å². The van der Waals surface area contributed by atoms with Gasteiger partial charge in [-0.3, -0.25) is 0 Å². The molecule has 0 radical (unpaired) electrons. The first-order valence-electron chi connectivity index (χ1n) is 7.88. The summed E-state index contributed by atoms with van der Waals surface area (Å²) in [5, 5.41) is 9.88. The van der Waals surface area contributed by atoms with Gasteiger partial charge >= 0.3 is 6.09 Å². The van der Waals surface area contributed by atoms with Crippen molar-refractivity contribution in [3.05, 3.63) is 52.8 Å². The maximum Gasteiger partial charge on any atom is 0.407 e. The normalized spacial score (nSPS) is 20.8. The van der Waals surface area contributed by atoms with E-state index in [2.05, 4.69) is 9.97 Å². The fourth-order valence-corrected chi connectivity index (χ4v) is 3.59. The van der Waals surface area contributed by atoms with E-state index in [0.29, 0.717) is 18.7 Å². The molecule has 1 amide bonds. The molecular formula is C17H19ClN4O2. The van der Waals surface area contributed by atoms with Gasteiger partial charge in [-0.15, -0.1) is 0 Å². The summed E-state index contributed by atoms with van der Waals surface area (Å²) < 4.78 is 0. The minimum absolute atomic E-state index is 0.0575. The average Bonchev–Trinajstić information content (AvgIpc) is 2.55. The first-order chi connectivity index (χ1) is 11.5. The highest BCUT2D eigenvalue weighted by atomic mass is 35.5. The second-order valence-electron chi connectivity index (χ2n) is 5.96. The SMILES string of the molecule is Nc1nc(Cl)cc(C2CCCN(C(=O)O)C2Cc2ccccc2)n1. The van der Waals surface area contributed by atoms with Crippen molar-refractivity contribution >= 4 is 23.6 Å². The summed E-state index contributed by atoms with van der Waals surface area (Å²) in [6, 6.07) is 11.4. The lowest BCUT2D eigenvalue weighted by molar-refractivity contribution is 0.0957. The van der Waals surface area contributed by atoms with Gasteiger partial charge in [-0.2, -0.15) is 0 Å². The van der Waals surface area contributed by atoms with E-state index in [0.717, 1.165) is 18.4 Å². The van der Waals surface area contributed by atoms with Crippen LogP contribution in [0.5, 0.6) is 0 Å². The summed E-state index contributed by atoms with van der Waals surface area (Å²) in [5.41, 5.74) is 7.52. The molecule has 7 heteroatoms. The first-order valence-corrected chi connectivity index (χ1v) is 8.26. The summed E-state index contributed by atoms with van der Waals surface area (Å²) in [6.07, 6.45) is 1.34. The standard InChI is InChI=1S/C17H19ClN4O2/c18-15-10-13(20-16(19)21-15)12-7-4-8-22(17(23)24)14(12)9-11-5-2-1-3-6-11/h1-3,5-6,10,12,14H,4,7-9H2,(H,23,24)(H2,19,20,21). The number of anilines is 1. The third-order valence-electron chi connectivity index (χ3n) is 4.42. The van der Waals surface area contributed by atoms with Crippen molar-refractivity contribution < 1.29 is 9.90 Å². The van der Waals surface area contributed by atoms with Crippen molar-refractivity contribution in [3.8, 4) is 0 Å². The molecule has 3 rings (SSSR count). The Morgan fingerprint density at radius 3 is 2.75 bits per heavy atom. The molecule has 2 unspecified atom stereocenters. The molecule has 0 saturated carbocycles. The Bertz CT molecular complexity index is 706. The van der Waals surface area contributed by atoms with E-state index in [9.17, 15) is 9.90 Å². The summed E-state index contributed by atoms with van der Waals surface area (Å²) in [4.78, 5) is 21.4. The van der Waals surface area contributed by atoms with Crippen LogP contribution in [0.25, 0.3) is 0 Å². The molecule has 1 saturated heterocycles. The fourth-order valence-electron chi connectivity index (χ4n) is 3.39. The Balaban J connectivity index is 1.96. The highest BCUT2D eigenvalue weighted by Crippen LogP contribution is 2.34. The van der Waals surface area contributed by atoms with Crippen LogP contribution < -0.4 is 5.73 Å². The van der Waals surface area contributed by atoms with Gasteiger partial charge in [0.25, 0.3) is 0 Å². The number of carboxylic acid groups (broad SMARTS) is 1. The van der Waals surface area contributed by atoms with Crippen LogP contribution in [0, 0.1) is 0 Å². The molecule has 2 heterocycles. The minimum Gasteiger partial charge on any atom is -0.465 e. The van der Waals surface area contributed by atoms with Crippen LogP contribution in [0.15, 0.2) is 36.4 Å². The smallest absolute Gasteiger partial charge is 0.407 e. The molecule has 0 bridgehead atoms. The van der Waals surface area contributed by atoms with E-state index in [1.165, 1.54) is 4.90 Å². The van der Waals surface area contributed by atoms with Gasteiger partial charge in [0.05, 0.1) is 5.69 Å². The number of benzene rings is 1. The largest absolute Gasteiger partial charge is 0.465 e. The molecule has 1 fully saturated rings. The van der Waals surface area contributed by atoms with Crippen LogP contribution in [0.4, 0.5) is 10.7 Å². The molecule has 24 heavy (non-hydrogen) atoms. The number of piperidine rings is 1. The molecular weight excluding hydrogens is 328 g/mol. The van der Waals surface area contributed by atoms with E-state index < -0.39 is 6.09 Å². The van der Waals surface area contributed by atoms with Crippen LogP contribution in [0.2, 0.25) is 5.15 Å². The van der Waals surface area contributed by atoms with Gasteiger partial charge < -0.3 is 15.7 Å². The Kier molecular flexibility index (Phi) is 4.85. The lowest BCUT2D eigenvalue weighted by Crippen LogP contribution is -2.48. The highest BCUT2D eigenvalue weighted by Gasteiger charge is 2.36. The second-order valence-corrected chi connectivity index (χ2v) is 6.34. The third-order valence-corrected chi connectivity index (χ3v) is 4.62. The molecule has 1 aliphatic heterocycles. The van der Waals surface area contributed by atoms with Crippen LogP contribution in [0.1, 0.15) is 30.0 Å². The van der Waals surface area contributed by atoms with Gasteiger partial charge in [0.2, 0.25) is 5.95 Å². The van der Waals surface area contributed by atoms with Gasteiger partial charge in [0.1, 0.15) is 5.15 Å². The van der Waals surface area contributed by atoms with E-state index in [1.54, 1.807) is 6.07 Å². The van der Waals surface area contributed by atoms with E-state index in [1.807, 2.05) is 30.3 Å². The van der Waals surface area contributed by atoms with Crippen molar-refractivity contribution in [2.45, 2.75) is 31.2 Å². The van der Waals surface area contributed by atoms with Gasteiger partial charge in [0, 0.05) is 18.5 Å². The number of rotatable bonds is 3. The number of aromatic nitrogens is 2. The van der Waals surface area contributed by atoms with Crippen LogP contribution in [-0.2, 0) is 6.42 Å². The number of hydrogen-bond donors (Lipinski definition) is 2. The predicted molar refractivity (Wildman–Crippen MR) is 92.1 cm³/mol. The monoisotopic (exact) mass is 346 g/mol. The first kappa shape index (κ1) is 16.5. The molecule has 2 aromatic rings. The van der Waals surface area contributed by atoms with Crippen molar-refractivity contribution in [1.29, 1.82) is 0 Å². The molecule has 1 aromatic carbocycles. The average molecular weight is 347 g/mol. The van der Waals surface area contributed by atoms with Crippen molar-refractivity contribution in [2.24, 2.45) is 0 Å². The van der Waals surface area contributed by atoms with Crippen LogP contribution in [0.3, 0.4) is 0 Å². The number of likely N-dealkylation sites (tertiary alicyclic amines) is 1. The molecule has 1 aromatic heterocycles. The number of carbonyl (C=O) groups is 1. The lowest BCUT2D eigenvalue weighted by atomic mass is 9.83. The second kappa shape index (κ2) is 7.05. The highest BCUT2D eigenvalue weighted by molar-refractivity contribution is 6.29. The maximum absolute atomic E-state index is 11.7. The lowest BCUT2D eigenvalue weighted by Gasteiger charge is -2.39. The summed E-state index contributed by atoms with van der Waals surface area (Å²) in [7, 11) is 0. The Morgan fingerprint density at radius 2 is 2.08 bits per heavy atom. The molecule has 1 aliphatic rings. The van der Waals surface area contributed by atoms with Crippen molar-refractivity contribution in [1.82, 2.24) is 14.9 Å². The Hall–Kier alpha value is -2.34. The van der Waals surface area contributed by atoms with Gasteiger partial charge in [-0.05, 0) is 30.9 Å². The number of nitrogens with two attached hydrogens (primary N) is 1. The molecule has 6 nitrogen and oxygen atoms in total. The van der Waals surface area contributed by atoms with Crippen LogP contribution >= 0.6 is 11.6 Å². The molecule has 3 N–H and O–H groups in total. The topological polar surface area (TPSA) is 92.3 Å². The number of hydrogen-bond acceptors (Lipinski definition) is 4. The van der Waals surface area contributed by atoms with E-state index in [-0.39, 0.29) is 23.1 Å². The van der Waals surface area contributed by atoms with E-state index >= 15 is 0 Å². The summed E-state index contributed by atoms with van der Waals surface area (Å²) in [5.74, 6) is 0.0567. The zero-order valence-electron chi connectivity index (χ0n) is 13.1.